The van der Waals surface area contributed by atoms with Crippen LogP contribution in [0.1, 0.15) is 10.4 Å². The maximum absolute atomic E-state index is 12.1. The van der Waals surface area contributed by atoms with E-state index in [4.69, 9.17) is 14.2 Å². The van der Waals surface area contributed by atoms with Crippen molar-refractivity contribution in [3.8, 4) is 28.6 Å². The molecule has 0 aliphatic rings. The molecule has 3 rings (SSSR count). The quantitative estimate of drug-likeness (QED) is 0.443. The Bertz CT molecular complexity index is 1020. The second-order valence-corrected chi connectivity index (χ2v) is 5.81. The van der Waals surface area contributed by atoms with Crippen molar-refractivity contribution < 1.29 is 28.9 Å². The Kier molecular flexibility index (Phi) is 6.03. The number of nitrogens with zero attached hydrogens (tertiary/aromatic N) is 4. The van der Waals surface area contributed by atoms with Gasteiger partial charge in [-0.05, 0) is 41.6 Å². The van der Waals surface area contributed by atoms with Gasteiger partial charge in [-0.1, -0.05) is 6.07 Å². The van der Waals surface area contributed by atoms with Gasteiger partial charge in [0.25, 0.3) is 0 Å². The second-order valence-electron chi connectivity index (χ2n) is 5.81. The van der Waals surface area contributed by atoms with Crippen molar-refractivity contribution in [2.75, 3.05) is 20.8 Å². The van der Waals surface area contributed by atoms with Crippen molar-refractivity contribution in [3.63, 3.8) is 0 Å². The maximum atomic E-state index is 12.1. The van der Waals surface area contributed by atoms with Gasteiger partial charge in [-0.3, -0.25) is 4.79 Å². The molecule has 3 aromatic rings. The van der Waals surface area contributed by atoms with Gasteiger partial charge in [-0.25, -0.2) is 4.79 Å². The van der Waals surface area contributed by atoms with Gasteiger partial charge in [-0.15, -0.1) is 10.2 Å². The van der Waals surface area contributed by atoms with Crippen LogP contribution in [-0.2, 0) is 16.1 Å². The highest BCUT2D eigenvalue weighted by Gasteiger charge is 2.17. The number of ketones is 1. The highest BCUT2D eigenvalue weighted by Crippen LogP contribution is 2.34. The number of rotatable bonds is 8. The molecule has 29 heavy (non-hydrogen) atoms. The van der Waals surface area contributed by atoms with Crippen molar-refractivity contribution in [2.24, 2.45) is 0 Å². The first-order valence-electron chi connectivity index (χ1n) is 8.49. The van der Waals surface area contributed by atoms with Crippen LogP contribution in [0.3, 0.4) is 0 Å². The van der Waals surface area contributed by atoms with Gasteiger partial charge in [0.05, 0.1) is 19.8 Å². The van der Waals surface area contributed by atoms with Gasteiger partial charge in [0.2, 0.25) is 5.82 Å². The molecule has 10 heteroatoms. The van der Waals surface area contributed by atoms with E-state index in [9.17, 15) is 14.7 Å². The first-order chi connectivity index (χ1) is 14.0. The van der Waals surface area contributed by atoms with Gasteiger partial charge in [-0.2, -0.15) is 4.80 Å². The Balaban J connectivity index is 1.59. The van der Waals surface area contributed by atoms with Crippen LogP contribution in [0.5, 0.6) is 17.2 Å². The molecule has 0 spiro atoms. The van der Waals surface area contributed by atoms with Crippen LogP contribution >= 0.6 is 0 Å². The largest absolute Gasteiger partial charge is 0.504 e. The molecular weight excluding hydrogens is 380 g/mol. The van der Waals surface area contributed by atoms with Crippen LogP contribution < -0.4 is 9.47 Å². The van der Waals surface area contributed by atoms with E-state index < -0.39 is 12.6 Å². The number of methoxy groups -OCH3 is 2. The van der Waals surface area contributed by atoms with Crippen LogP contribution in [0.25, 0.3) is 11.4 Å². The number of phenolic OH excluding ortho intramolecular Hbond substituents is 1. The predicted molar refractivity (Wildman–Crippen MR) is 99.8 cm³/mol. The molecule has 1 aromatic heterocycles. The normalized spacial score (nSPS) is 10.4. The average molecular weight is 398 g/mol. The molecular formula is C19H18N4O6. The average Bonchev–Trinajstić information content (AvgIpc) is 3.20. The van der Waals surface area contributed by atoms with Crippen LogP contribution in [0.2, 0.25) is 0 Å². The number of carbonyl (C=O) groups is 2. The molecule has 10 nitrogen and oxygen atoms in total. The first-order valence-corrected chi connectivity index (χ1v) is 8.49. The van der Waals surface area contributed by atoms with Crippen LogP contribution in [0, 0.1) is 0 Å². The molecule has 2 aromatic carbocycles. The third-order valence-electron chi connectivity index (χ3n) is 3.94. The lowest BCUT2D eigenvalue weighted by atomic mass is 10.1. The third kappa shape index (κ3) is 4.67. The van der Waals surface area contributed by atoms with Crippen molar-refractivity contribution in [3.05, 3.63) is 48.0 Å². The Morgan fingerprint density at radius 3 is 2.52 bits per heavy atom. The SMILES string of the molecule is COc1ccc(C(=O)COC(=O)Cn2nnc(-c3cccc(O)c3OC)n2)cc1. The third-order valence-corrected chi connectivity index (χ3v) is 3.94. The van der Waals surface area contributed by atoms with Crippen molar-refractivity contribution >= 4 is 11.8 Å². The number of ether oxygens (including phenoxy) is 3. The van der Waals surface area contributed by atoms with E-state index in [-0.39, 0.29) is 29.7 Å². The fraction of sp³-hybridized carbons (Fsp3) is 0.211. The van der Waals surface area contributed by atoms with Gasteiger partial charge >= 0.3 is 5.97 Å². The van der Waals surface area contributed by atoms with Crippen molar-refractivity contribution in [2.45, 2.75) is 6.54 Å². The molecule has 150 valence electrons. The Morgan fingerprint density at radius 1 is 1.07 bits per heavy atom. The van der Waals surface area contributed by atoms with E-state index in [1.54, 1.807) is 36.4 Å². The number of benzene rings is 2. The van der Waals surface area contributed by atoms with E-state index >= 15 is 0 Å². The molecule has 0 saturated heterocycles. The number of para-hydroxylation sites is 1. The van der Waals surface area contributed by atoms with Crippen molar-refractivity contribution in [1.82, 2.24) is 20.2 Å². The highest BCUT2D eigenvalue weighted by molar-refractivity contribution is 5.98. The first kappa shape index (κ1) is 19.8. The zero-order valence-corrected chi connectivity index (χ0v) is 15.7. The van der Waals surface area contributed by atoms with E-state index in [0.717, 1.165) is 4.80 Å². The lowest BCUT2D eigenvalue weighted by molar-refractivity contribution is -0.143. The molecule has 0 aliphatic carbocycles. The predicted octanol–water partition coefficient (Wildman–Crippen LogP) is 1.49. The number of aromatic hydroxyl groups is 1. The van der Waals surface area contributed by atoms with Gasteiger partial charge in [0.1, 0.15) is 5.75 Å². The number of hydrogen-bond acceptors (Lipinski definition) is 9. The molecule has 0 amide bonds. The molecule has 1 N–H and O–H groups in total. The zero-order valence-electron chi connectivity index (χ0n) is 15.7. The minimum absolute atomic E-state index is 0.0715. The summed E-state index contributed by atoms with van der Waals surface area (Å²) < 4.78 is 15.2. The molecule has 0 fully saturated rings. The smallest absolute Gasteiger partial charge is 0.330 e. The molecule has 0 saturated carbocycles. The Hall–Kier alpha value is -3.95. The van der Waals surface area contributed by atoms with Crippen molar-refractivity contribution in [1.29, 1.82) is 0 Å². The standard InChI is InChI=1S/C19H18N4O6/c1-27-13-8-6-12(7-9-13)16(25)11-29-17(26)10-23-21-19(20-22-23)14-4-3-5-15(24)18(14)28-2/h3-9,24H,10-11H2,1-2H3. The van der Waals surface area contributed by atoms with E-state index in [1.165, 1.54) is 20.3 Å². The van der Waals surface area contributed by atoms with E-state index in [1.807, 2.05) is 0 Å². The maximum Gasteiger partial charge on any atom is 0.330 e. The minimum atomic E-state index is -0.696. The Labute approximate surface area is 165 Å². The molecule has 0 aliphatic heterocycles. The highest BCUT2D eigenvalue weighted by atomic mass is 16.5. The van der Waals surface area contributed by atoms with Crippen LogP contribution in [0.15, 0.2) is 42.5 Å². The minimum Gasteiger partial charge on any atom is -0.504 e. The number of hydrogen-bond donors (Lipinski definition) is 1. The summed E-state index contributed by atoms with van der Waals surface area (Å²) in [5.41, 5.74) is 0.817. The summed E-state index contributed by atoms with van der Waals surface area (Å²) in [6.07, 6.45) is 0. The number of phenols is 1. The summed E-state index contributed by atoms with van der Waals surface area (Å²) in [6, 6.07) is 11.2. The summed E-state index contributed by atoms with van der Waals surface area (Å²) in [4.78, 5) is 25.1. The summed E-state index contributed by atoms with van der Waals surface area (Å²) in [5, 5.41) is 21.5. The lowest BCUT2D eigenvalue weighted by Crippen LogP contribution is -2.19. The van der Waals surface area contributed by atoms with Gasteiger partial charge < -0.3 is 19.3 Å². The zero-order chi connectivity index (χ0) is 20.8. The summed E-state index contributed by atoms with van der Waals surface area (Å²) in [7, 11) is 2.93. The lowest BCUT2D eigenvalue weighted by Gasteiger charge is -2.06. The molecule has 1 heterocycles. The van der Waals surface area contributed by atoms with E-state index in [0.29, 0.717) is 16.9 Å². The number of Topliss-reactive ketones (excluding diaryl/α,β-unsaturated/α-hetero) is 1. The van der Waals surface area contributed by atoms with Crippen LogP contribution in [0.4, 0.5) is 0 Å². The summed E-state index contributed by atoms with van der Waals surface area (Å²) in [5.74, 6) is -0.135. The fourth-order valence-electron chi connectivity index (χ4n) is 2.50. The summed E-state index contributed by atoms with van der Waals surface area (Å²) >= 11 is 0. The second kappa shape index (κ2) is 8.83. The summed E-state index contributed by atoms with van der Waals surface area (Å²) in [6.45, 7) is -0.739. The number of esters is 1. The Morgan fingerprint density at radius 2 is 1.83 bits per heavy atom. The van der Waals surface area contributed by atoms with Gasteiger partial charge in [0.15, 0.2) is 30.4 Å². The number of tetrazole rings is 1. The monoisotopic (exact) mass is 398 g/mol. The molecule has 0 atom stereocenters. The fourth-order valence-corrected chi connectivity index (χ4v) is 2.50. The molecule has 0 bridgehead atoms. The van der Waals surface area contributed by atoms with Gasteiger partial charge in [0, 0.05) is 5.56 Å². The van der Waals surface area contributed by atoms with E-state index in [2.05, 4.69) is 15.4 Å². The topological polar surface area (TPSA) is 126 Å². The molecule has 0 unspecified atom stereocenters. The van der Waals surface area contributed by atoms with Crippen LogP contribution in [-0.4, -0.2) is 57.9 Å². The number of aromatic nitrogens is 4. The molecule has 0 radical (unpaired) electrons. The number of carbonyl (C=O) groups excluding carboxylic acids is 2.